The quantitative estimate of drug-likeness (QED) is 0.472. The summed E-state index contributed by atoms with van der Waals surface area (Å²) >= 11 is 0. The fourth-order valence-electron chi connectivity index (χ4n) is 2.32. The molecule has 0 saturated heterocycles. The Morgan fingerprint density at radius 3 is 1.75 bits per heavy atom. The number of hydrogen-bond acceptors (Lipinski definition) is 1. The van der Waals surface area contributed by atoms with E-state index in [0.29, 0.717) is 6.42 Å². The Hall–Kier alpha value is -1.11. The van der Waals surface area contributed by atoms with Crippen molar-refractivity contribution in [2.24, 2.45) is 5.92 Å². The Morgan fingerprint density at radius 1 is 0.917 bits per heavy atom. The molecule has 1 aromatic carbocycles. The summed E-state index contributed by atoms with van der Waals surface area (Å²) in [7, 11) is 0. The summed E-state index contributed by atoms with van der Waals surface area (Å²) in [5.74, 6) is 1.25. The summed E-state index contributed by atoms with van der Waals surface area (Å²) in [4.78, 5) is 10.6. The molecule has 0 aliphatic heterocycles. The molecule has 0 atom stereocenters. The third kappa shape index (κ3) is 23.2. The first kappa shape index (κ1) is 27.7. The molecular formula is C23H44O. The molecule has 142 valence electrons. The van der Waals surface area contributed by atoms with E-state index >= 15 is 0 Å². The third-order valence-electron chi connectivity index (χ3n) is 3.40. The minimum atomic E-state index is 0.283. The van der Waals surface area contributed by atoms with E-state index in [2.05, 4.69) is 32.9 Å². The van der Waals surface area contributed by atoms with Crippen LogP contribution in [-0.4, -0.2) is 5.78 Å². The molecule has 0 fully saturated rings. The van der Waals surface area contributed by atoms with Crippen LogP contribution in [0.1, 0.15) is 99.5 Å². The minimum absolute atomic E-state index is 0.283. The van der Waals surface area contributed by atoms with E-state index < -0.39 is 0 Å². The van der Waals surface area contributed by atoms with Crippen molar-refractivity contribution in [3.05, 3.63) is 35.9 Å². The highest BCUT2D eigenvalue weighted by molar-refractivity contribution is 5.75. The van der Waals surface area contributed by atoms with Crippen LogP contribution in [0.2, 0.25) is 0 Å². The molecule has 1 nitrogen and oxygen atoms in total. The second kappa shape index (κ2) is 24.1. The molecule has 1 heteroatoms. The summed E-state index contributed by atoms with van der Waals surface area (Å²) in [5.41, 5.74) is 1.32. The molecule has 0 aliphatic rings. The van der Waals surface area contributed by atoms with Crippen molar-refractivity contribution >= 4 is 5.78 Å². The second-order valence-electron chi connectivity index (χ2n) is 5.72. The molecule has 0 radical (unpaired) electrons. The van der Waals surface area contributed by atoms with Crippen LogP contribution in [0.5, 0.6) is 0 Å². The zero-order chi connectivity index (χ0) is 19.2. The van der Waals surface area contributed by atoms with Crippen LogP contribution in [0.25, 0.3) is 0 Å². The normalized spacial score (nSPS) is 8.88. The molecule has 0 unspecified atom stereocenters. The first-order valence-electron chi connectivity index (χ1n) is 10.1. The minimum Gasteiger partial charge on any atom is -0.300 e. The standard InChI is InChI=1S/C11H14O.C8H18.2C2H6/c1-10(12)6-5-9-11-7-3-2-4-8-11;1-4-6-8(3)7-5-2;2*1-2/h2-4,7-8H,5-6,9H2,1H3;8H,4-7H2,1-3H3;2*1-2H3. The average molecular weight is 337 g/mol. The highest BCUT2D eigenvalue weighted by Crippen LogP contribution is 2.10. The maximum absolute atomic E-state index is 10.6. The average Bonchev–Trinajstić information content (AvgIpc) is 2.60. The number of Topliss-reactive ketones (excluding diaryl/α,β-unsaturated/α-hetero) is 1. The van der Waals surface area contributed by atoms with Gasteiger partial charge in [0.1, 0.15) is 5.78 Å². The van der Waals surface area contributed by atoms with Gasteiger partial charge in [0, 0.05) is 6.42 Å². The summed E-state index contributed by atoms with van der Waals surface area (Å²) in [6.45, 7) is 16.5. The van der Waals surface area contributed by atoms with Crippen LogP contribution >= 0.6 is 0 Å². The first-order valence-corrected chi connectivity index (χ1v) is 10.1. The maximum Gasteiger partial charge on any atom is 0.129 e. The van der Waals surface area contributed by atoms with Gasteiger partial charge in [0.05, 0.1) is 0 Å². The van der Waals surface area contributed by atoms with Gasteiger partial charge in [-0.1, -0.05) is 104 Å². The van der Waals surface area contributed by atoms with Gasteiger partial charge in [0.15, 0.2) is 0 Å². The molecule has 0 aromatic heterocycles. The summed E-state index contributed by atoms with van der Waals surface area (Å²) < 4.78 is 0. The van der Waals surface area contributed by atoms with Crippen LogP contribution in [0, 0.1) is 5.92 Å². The Morgan fingerprint density at radius 2 is 1.38 bits per heavy atom. The largest absolute Gasteiger partial charge is 0.300 e. The fourth-order valence-corrected chi connectivity index (χ4v) is 2.32. The highest BCUT2D eigenvalue weighted by atomic mass is 16.1. The molecule has 0 amide bonds. The van der Waals surface area contributed by atoms with Gasteiger partial charge in [-0.05, 0) is 31.2 Å². The van der Waals surface area contributed by atoms with Crippen LogP contribution in [0.3, 0.4) is 0 Å². The van der Waals surface area contributed by atoms with Crippen molar-refractivity contribution in [1.29, 1.82) is 0 Å². The number of carbonyl (C=O) groups excluding carboxylic acids is 1. The van der Waals surface area contributed by atoms with Gasteiger partial charge in [0.25, 0.3) is 0 Å². The van der Waals surface area contributed by atoms with E-state index in [9.17, 15) is 4.79 Å². The summed E-state index contributed by atoms with van der Waals surface area (Å²) in [6.07, 6.45) is 8.21. The van der Waals surface area contributed by atoms with Gasteiger partial charge in [-0.25, -0.2) is 0 Å². The molecular weight excluding hydrogens is 292 g/mol. The maximum atomic E-state index is 10.6. The van der Waals surface area contributed by atoms with Gasteiger partial charge in [-0.3, -0.25) is 0 Å². The van der Waals surface area contributed by atoms with Gasteiger partial charge in [-0.15, -0.1) is 0 Å². The summed E-state index contributed by atoms with van der Waals surface area (Å²) in [5, 5.41) is 0. The second-order valence-corrected chi connectivity index (χ2v) is 5.72. The SMILES string of the molecule is CC.CC.CC(=O)CCCc1ccccc1.CCCC(C)CCC. The smallest absolute Gasteiger partial charge is 0.129 e. The first-order chi connectivity index (χ1) is 11.6. The monoisotopic (exact) mass is 336 g/mol. The lowest BCUT2D eigenvalue weighted by molar-refractivity contribution is -0.117. The van der Waals surface area contributed by atoms with Crippen molar-refractivity contribution in [3.63, 3.8) is 0 Å². The molecule has 0 aliphatic carbocycles. The van der Waals surface area contributed by atoms with Crippen molar-refractivity contribution < 1.29 is 4.79 Å². The Bertz CT molecular complexity index is 323. The van der Waals surface area contributed by atoms with Crippen LogP contribution in [0.4, 0.5) is 0 Å². The van der Waals surface area contributed by atoms with E-state index in [-0.39, 0.29) is 5.78 Å². The van der Waals surface area contributed by atoms with Crippen LogP contribution in [-0.2, 0) is 11.2 Å². The van der Waals surface area contributed by atoms with Crippen molar-refractivity contribution in [2.45, 2.75) is 100 Å². The number of benzene rings is 1. The third-order valence-corrected chi connectivity index (χ3v) is 3.40. The highest BCUT2D eigenvalue weighted by Gasteiger charge is 1.96. The van der Waals surface area contributed by atoms with E-state index in [1.807, 2.05) is 45.9 Å². The Labute approximate surface area is 153 Å². The number of hydrogen-bond donors (Lipinski definition) is 0. The van der Waals surface area contributed by atoms with Gasteiger partial charge in [-0.2, -0.15) is 0 Å². The van der Waals surface area contributed by atoms with E-state index in [4.69, 9.17) is 0 Å². The number of ketones is 1. The van der Waals surface area contributed by atoms with Gasteiger partial charge in [0.2, 0.25) is 0 Å². The lowest BCUT2D eigenvalue weighted by Gasteiger charge is -2.05. The van der Waals surface area contributed by atoms with Crippen LogP contribution < -0.4 is 0 Å². The molecule has 0 N–H and O–H groups in total. The van der Waals surface area contributed by atoms with Crippen molar-refractivity contribution in [3.8, 4) is 0 Å². The predicted molar refractivity (Wildman–Crippen MR) is 112 cm³/mol. The Balaban J connectivity index is -0.000000321. The van der Waals surface area contributed by atoms with Gasteiger partial charge >= 0.3 is 0 Å². The Kier molecular flexibility index (Phi) is 27.9. The predicted octanol–water partition coefficient (Wildman–Crippen LogP) is 7.87. The molecule has 1 aromatic rings. The van der Waals surface area contributed by atoms with E-state index in [1.54, 1.807) is 6.92 Å². The van der Waals surface area contributed by atoms with Crippen molar-refractivity contribution in [2.75, 3.05) is 0 Å². The number of carbonyl (C=O) groups is 1. The molecule has 0 bridgehead atoms. The zero-order valence-electron chi connectivity index (χ0n) is 17.8. The summed E-state index contributed by atoms with van der Waals surface area (Å²) in [6, 6.07) is 10.3. The molecule has 24 heavy (non-hydrogen) atoms. The lowest BCUT2D eigenvalue weighted by atomic mass is 10.0. The molecule has 0 spiro atoms. The topological polar surface area (TPSA) is 17.1 Å². The number of rotatable bonds is 8. The molecule has 0 saturated carbocycles. The van der Waals surface area contributed by atoms with E-state index in [1.165, 1.54) is 31.2 Å². The molecule has 1 rings (SSSR count). The lowest BCUT2D eigenvalue weighted by Crippen LogP contribution is -1.91. The van der Waals surface area contributed by atoms with Crippen molar-refractivity contribution in [1.82, 2.24) is 0 Å². The van der Waals surface area contributed by atoms with Crippen LogP contribution in [0.15, 0.2) is 30.3 Å². The zero-order valence-corrected chi connectivity index (χ0v) is 17.8. The van der Waals surface area contributed by atoms with Gasteiger partial charge < -0.3 is 4.79 Å². The molecule has 0 heterocycles. The number of aryl methyl sites for hydroxylation is 1. The van der Waals surface area contributed by atoms with E-state index in [0.717, 1.165) is 18.8 Å². The fraction of sp³-hybridized carbons (Fsp3) is 0.696.